The molecule has 0 aliphatic carbocycles. The van der Waals surface area contributed by atoms with Gasteiger partial charge in [0.15, 0.2) is 5.82 Å². The number of benzene rings is 3. The summed E-state index contributed by atoms with van der Waals surface area (Å²) < 4.78 is 40.0. The summed E-state index contributed by atoms with van der Waals surface area (Å²) in [5.41, 5.74) is 3.29. The predicted molar refractivity (Wildman–Crippen MR) is 180 cm³/mol. The molecule has 0 spiro atoms. The van der Waals surface area contributed by atoms with Gasteiger partial charge in [-0.1, -0.05) is 18.7 Å². The minimum atomic E-state index is -0.467. The van der Waals surface area contributed by atoms with Crippen LogP contribution < -0.4 is 30.1 Å². The van der Waals surface area contributed by atoms with E-state index in [1.807, 2.05) is 12.1 Å². The number of amides is 1. The van der Waals surface area contributed by atoms with Gasteiger partial charge in [0.25, 0.3) is 0 Å². The average molecular weight is 658 g/mol. The van der Waals surface area contributed by atoms with E-state index in [-0.39, 0.29) is 24.4 Å². The zero-order valence-corrected chi connectivity index (χ0v) is 26.8. The number of hydrogen-bond donors (Lipinski definition) is 2. The van der Waals surface area contributed by atoms with Crippen molar-refractivity contribution in [1.82, 2.24) is 14.9 Å². The number of carbonyl (C=O) groups excluding carboxylic acids is 1. The van der Waals surface area contributed by atoms with E-state index in [0.29, 0.717) is 58.7 Å². The van der Waals surface area contributed by atoms with Crippen LogP contribution >= 0.6 is 0 Å². The normalized spacial score (nSPS) is 16.5. The van der Waals surface area contributed by atoms with Crippen molar-refractivity contribution in [3.05, 3.63) is 102 Å². The molecule has 2 aliphatic rings. The van der Waals surface area contributed by atoms with Crippen LogP contribution in [0, 0.1) is 11.6 Å². The second-order valence-corrected chi connectivity index (χ2v) is 11.5. The van der Waals surface area contributed by atoms with Gasteiger partial charge in [-0.3, -0.25) is 9.63 Å². The van der Waals surface area contributed by atoms with Gasteiger partial charge in [0.05, 0.1) is 36.8 Å². The van der Waals surface area contributed by atoms with Crippen LogP contribution in [0.4, 0.5) is 37.5 Å². The van der Waals surface area contributed by atoms with Crippen LogP contribution in [0.3, 0.4) is 0 Å². The molecule has 6 rings (SSSR count). The van der Waals surface area contributed by atoms with E-state index >= 15 is 0 Å². The Balaban J connectivity index is 1.24. The number of anilines is 5. The fraction of sp³-hybridized carbons (Fsp3) is 0.286. The second-order valence-electron chi connectivity index (χ2n) is 11.5. The first-order chi connectivity index (χ1) is 23.3. The van der Waals surface area contributed by atoms with E-state index in [1.165, 1.54) is 36.7 Å². The van der Waals surface area contributed by atoms with E-state index in [1.54, 1.807) is 36.4 Å². The van der Waals surface area contributed by atoms with Gasteiger partial charge in [0, 0.05) is 50.8 Å². The van der Waals surface area contributed by atoms with Crippen molar-refractivity contribution in [2.24, 2.45) is 0 Å². The molecule has 1 amide bonds. The third-order valence-corrected chi connectivity index (χ3v) is 8.22. The molecule has 1 atom stereocenters. The summed E-state index contributed by atoms with van der Waals surface area (Å²) in [6, 6.07) is 15.6. The Morgan fingerprint density at radius 1 is 1.04 bits per heavy atom. The molecule has 3 aromatic carbocycles. The van der Waals surface area contributed by atoms with Gasteiger partial charge >= 0.3 is 0 Å². The van der Waals surface area contributed by atoms with Gasteiger partial charge in [-0.25, -0.2) is 23.8 Å². The van der Waals surface area contributed by atoms with Crippen LogP contribution in [0.5, 0.6) is 11.5 Å². The van der Waals surface area contributed by atoms with Crippen molar-refractivity contribution in [3.63, 3.8) is 0 Å². The Morgan fingerprint density at radius 2 is 1.88 bits per heavy atom. The van der Waals surface area contributed by atoms with E-state index < -0.39 is 5.82 Å². The number of rotatable bonds is 11. The van der Waals surface area contributed by atoms with Crippen molar-refractivity contribution >= 4 is 34.6 Å². The SMILES string of the molecule is C=CC(=O)Nc1cc(Nc2cc(N3OCCC3c3cc(F)cc(OCc4cccc(F)c4)c3)ncn2)c(OC)cc1N1CCN(C)CC1. The Morgan fingerprint density at radius 3 is 2.65 bits per heavy atom. The first-order valence-corrected chi connectivity index (χ1v) is 15.6. The number of nitrogens with zero attached hydrogens (tertiary/aromatic N) is 5. The minimum Gasteiger partial charge on any atom is -0.494 e. The monoisotopic (exact) mass is 657 g/mol. The number of methoxy groups -OCH3 is 1. The lowest BCUT2D eigenvalue weighted by Gasteiger charge is -2.35. The molecular formula is C35H37F2N7O4. The number of nitrogens with one attached hydrogen (secondary N) is 2. The van der Waals surface area contributed by atoms with Crippen LogP contribution in [0.1, 0.15) is 23.6 Å². The zero-order valence-electron chi connectivity index (χ0n) is 26.8. The number of likely N-dealkylation sites (N-methyl/N-ethyl adjacent to an activating group) is 1. The summed E-state index contributed by atoms with van der Waals surface area (Å²) in [5.74, 6) is 0.607. The first kappa shape index (κ1) is 32.7. The van der Waals surface area contributed by atoms with Gasteiger partial charge in [-0.05, 0) is 54.6 Å². The number of aromatic nitrogens is 2. The van der Waals surface area contributed by atoms with Crippen LogP contribution in [-0.2, 0) is 16.2 Å². The number of hydroxylamine groups is 1. The maximum absolute atomic E-state index is 14.8. The molecule has 0 saturated carbocycles. The Hall–Kier alpha value is -5.27. The van der Waals surface area contributed by atoms with Gasteiger partial charge < -0.3 is 29.9 Å². The fourth-order valence-corrected chi connectivity index (χ4v) is 5.75. The molecule has 3 heterocycles. The van der Waals surface area contributed by atoms with Crippen LogP contribution in [0.15, 0.2) is 79.6 Å². The Labute approximate surface area is 277 Å². The summed E-state index contributed by atoms with van der Waals surface area (Å²) in [6.07, 6.45) is 3.21. The molecular weight excluding hydrogens is 620 g/mol. The number of hydrogen-bond acceptors (Lipinski definition) is 10. The van der Waals surface area contributed by atoms with E-state index in [2.05, 4.69) is 44.0 Å². The summed E-state index contributed by atoms with van der Waals surface area (Å²) in [4.78, 5) is 31.7. The molecule has 13 heteroatoms. The highest BCUT2D eigenvalue weighted by atomic mass is 19.1. The molecule has 0 bridgehead atoms. The third-order valence-electron chi connectivity index (χ3n) is 8.22. The summed E-state index contributed by atoms with van der Waals surface area (Å²) in [7, 11) is 3.66. The largest absolute Gasteiger partial charge is 0.494 e. The molecule has 4 aromatic rings. The second kappa shape index (κ2) is 14.7. The molecule has 2 saturated heterocycles. The smallest absolute Gasteiger partial charge is 0.247 e. The Kier molecular flexibility index (Phi) is 9.97. The predicted octanol–water partition coefficient (Wildman–Crippen LogP) is 5.85. The molecule has 1 aromatic heterocycles. The zero-order chi connectivity index (χ0) is 33.6. The van der Waals surface area contributed by atoms with Gasteiger partial charge in [-0.15, -0.1) is 0 Å². The molecule has 2 N–H and O–H groups in total. The topological polar surface area (TPSA) is 104 Å². The lowest BCUT2D eigenvalue weighted by atomic mass is 10.0. The first-order valence-electron chi connectivity index (χ1n) is 15.6. The molecule has 48 heavy (non-hydrogen) atoms. The van der Waals surface area contributed by atoms with Crippen molar-refractivity contribution in [3.8, 4) is 11.5 Å². The van der Waals surface area contributed by atoms with Gasteiger partial charge in [0.2, 0.25) is 5.91 Å². The average Bonchev–Trinajstić information content (AvgIpc) is 3.58. The number of ether oxygens (including phenoxy) is 2. The van der Waals surface area contributed by atoms with Gasteiger partial charge in [-0.2, -0.15) is 0 Å². The highest BCUT2D eigenvalue weighted by molar-refractivity contribution is 6.02. The quantitative estimate of drug-likeness (QED) is 0.191. The summed E-state index contributed by atoms with van der Waals surface area (Å²) in [6.45, 7) is 7.44. The molecule has 2 fully saturated rings. The molecule has 1 unspecified atom stereocenters. The highest BCUT2D eigenvalue weighted by Crippen LogP contribution is 2.40. The van der Waals surface area contributed by atoms with E-state index in [0.717, 1.165) is 31.9 Å². The number of piperazine rings is 1. The van der Waals surface area contributed by atoms with E-state index in [9.17, 15) is 13.6 Å². The Bertz CT molecular complexity index is 1780. The lowest BCUT2D eigenvalue weighted by Crippen LogP contribution is -2.44. The number of halogens is 2. The molecule has 11 nitrogen and oxygen atoms in total. The lowest BCUT2D eigenvalue weighted by molar-refractivity contribution is -0.111. The van der Waals surface area contributed by atoms with Crippen molar-refractivity contribution < 1.29 is 27.9 Å². The van der Waals surface area contributed by atoms with Crippen molar-refractivity contribution in [2.75, 3.05) is 67.5 Å². The summed E-state index contributed by atoms with van der Waals surface area (Å²) >= 11 is 0. The van der Waals surface area contributed by atoms with Crippen LogP contribution in [-0.4, -0.2) is 67.7 Å². The van der Waals surface area contributed by atoms with Crippen LogP contribution in [0.2, 0.25) is 0 Å². The maximum Gasteiger partial charge on any atom is 0.247 e. The van der Waals surface area contributed by atoms with Crippen molar-refractivity contribution in [2.45, 2.75) is 19.1 Å². The minimum absolute atomic E-state index is 0.0886. The molecule has 2 aliphatic heterocycles. The highest BCUT2D eigenvalue weighted by Gasteiger charge is 2.30. The maximum atomic E-state index is 14.8. The van der Waals surface area contributed by atoms with Crippen LogP contribution in [0.25, 0.3) is 0 Å². The molecule has 250 valence electrons. The standard InChI is InChI=1S/C35H37F2N7O4/c1-4-35(45)41-28-18-29(32(46-3)19-31(28)43-11-9-42(2)10-12-43)40-33-20-34(39-22-38-33)44-30(8-13-48-44)24-15-26(37)17-27(16-24)47-21-23-6-5-7-25(36)14-23/h4-7,14-20,22,30H,1,8-13,21H2,2-3H3,(H,41,45)(H,38,39,40). The van der Waals surface area contributed by atoms with E-state index in [4.69, 9.17) is 14.3 Å². The van der Waals surface area contributed by atoms with Crippen molar-refractivity contribution in [1.29, 1.82) is 0 Å². The molecule has 0 radical (unpaired) electrons. The number of carbonyl (C=O) groups is 1. The fourth-order valence-electron chi connectivity index (χ4n) is 5.75. The van der Waals surface area contributed by atoms with Gasteiger partial charge in [0.1, 0.15) is 41.9 Å². The third kappa shape index (κ3) is 7.64. The summed E-state index contributed by atoms with van der Waals surface area (Å²) in [5, 5.41) is 7.85.